The molecule has 0 bridgehead atoms. The van der Waals surface area contributed by atoms with Crippen LogP contribution < -0.4 is 11.5 Å². The van der Waals surface area contributed by atoms with Crippen LogP contribution in [0.3, 0.4) is 0 Å². The van der Waals surface area contributed by atoms with Gasteiger partial charge in [0.2, 0.25) is 0 Å². The normalized spacial score (nSPS) is 8.62. The van der Waals surface area contributed by atoms with E-state index in [1.807, 2.05) is 0 Å². The molecule has 0 saturated carbocycles. The number of nitrogens with zero attached hydrogens (tertiary/aromatic N) is 1. The molecule has 0 aliphatic carbocycles. The van der Waals surface area contributed by atoms with Gasteiger partial charge in [-0.1, -0.05) is 0 Å². The summed E-state index contributed by atoms with van der Waals surface area (Å²) in [4.78, 5) is 7.18. The second-order valence-corrected chi connectivity index (χ2v) is 1.14. The smallest absolute Gasteiger partial charge is 0.185 e. The Kier molecular flexibility index (Phi) is 3.91. The van der Waals surface area contributed by atoms with Gasteiger partial charge in [0.05, 0.1) is 6.54 Å². The summed E-state index contributed by atoms with van der Waals surface area (Å²) < 4.78 is 0. The van der Waals surface area contributed by atoms with Crippen LogP contribution in [0.1, 0.15) is 0 Å². The molecule has 5 heteroatoms. The van der Waals surface area contributed by atoms with Gasteiger partial charge in [-0.3, -0.25) is 10.2 Å². The number of aliphatic imine (C=N–C) groups is 1. The second kappa shape index (κ2) is 4.35. The number of rotatable bonds is 3. The molecule has 0 aliphatic heterocycles. The SMILES string of the molecule is NC(N)=NCCOO. The highest BCUT2D eigenvalue weighted by atomic mass is 17.1. The Labute approximate surface area is 46.9 Å². The van der Waals surface area contributed by atoms with Crippen LogP contribution in [0, 0.1) is 0 Å². The van der Waals surface area contributed by atoms with Crippen LogP contribution in [0.5, 0.6) is 0 Å². The third kappa shape index (κ3) is 5.19. The van der Waals surface area contributed by atoms with Crippen molar-refractivity contribution < 1.29 is 10.1 Å². The van der Waals surface area contributed by atoms with Gasteiger partial charge in [0, 0.05) is 0 Å². The van der Waals surface area contributed by atoms with Gasteiger partial charge in [0.15, 0.2) is 5.96 Å². The average molecular weight is 119 g/mol. The number of guanidine groups is 1. The quantitative estimate of drug-likeness (QED) is 0.142. The van der Waals surface area contributed by atoms with Crippen molar-refractivity contribution in [1.82, 2.24) is 0 Å². The third-order valence-electron chi connectivity index (χ3n) is 0.477. The van der Waals surface area contributed by atoms with E-state index in [2.05, 4.69) is 9.88 Å². The molecular weight excluding hydrogens is 110 g/mol. The monoisotopic (exact) mass is 119 g/mol. The Hall–Kier alpha value is -0.810. The van der Waals surface area contributed by atoms with Crippen LogP contribution in [0.15, 0.2) is 4.99 Å². The maximum absolute atomic E-state index is 7.73. The van der Waals surface area contributed by atoms with Gasteiger partial charge < -0.3 is 11.5 Å². The van der Waals surface area contributed by atoms with Crippen molar-refractivity contribution in [3.8, 4) is 0 Å². The fourth-order valence-corrected chi connectivity index (χ4v) is 0.216. The summed E-state index contributed by atoms with van der Waals surface area (Å²) in [6.07, 6.45) is 0. The number of hydrogen-bond acceptors (Lipinski definition) is 3. The van der Waals surface area contributed by atoms with Crippen LogP contribution in [0.25, 0.3) is 0 Å². The first kappa shape index (κ1) is 7.19. The highest BCUT2D eigenvalue weighted by molar-refractivity contribution is 5.75. The van der Waals surface area contributed by atoms with Crippen LogP contribution in [0.2, 0.25) is 0 Å². The fraction of sp³-hybridized carbons (Fsp3) is 0.667. The molecule has 0 aromatic rings. The minimum atomic E-state index is 0.00190. The van der Waals surface area contributed by atoms with Gasteiger partial charge in [-0.2, -0.15) is 0 Å². The minimum Gasteiger partial charge on any atom is -0.370 e. The molecule has 0 aliphatic rings. The lowest BCUT2D eigenvalue weighted by Gasteiger charge is -1.89. The minimum absolute atomic E-state index is 0.00190. The van der Waals surface area contributed by atoms with Gasteiger partial charge in [0.25, 0.3) is 0 Å². The summed E-state index contributed by atoms with van der Waals surface area (Å²) in [5, 5.41) is 7.73. The third-order valence-corrected chi connectivity index (χ3v) is 0.477. The lowest BCUT2D eigenvalue weighted by Crippen LogP contribution is -2.23. The second-order valence-electron chi connectivity index (χ2n) is 1.14. The van der Waals surface area contributed by atoms with Crippen molar-refractivity contribution in [2.75, 3.05) is 13.2 Å². The van der Waals surface area contributed by atoms with E-state index in [1.54, 1.807) is 0 Å². The maximum Gasteiger partial charge on any atom is 0.185 e. The number of nitrogens with two attached hydrogens (primary N) is 2. The van der Waals surface area contributed by atoms with Crippen molar-refractivity contribution >= 4 is 5.96 Å². The summed E-state index contributed by atoms with van der Waals surface area (Å²) >= 11 is 0. The molecular formula is C3H9N3O2. The Morgan fingerprint density at radius 2 is 2.25 bits per heavy atom. The molecule has 48 valence electrons. The zero-order valence-corrected chi connectivity index (χ0v) is 4.37. The Morgan fingerprint density at radius 3 is 2.62 bits per heavy atom. The van der Waals surface area contributed by atoms with E-state index < -0.39 is 0 Å². The van der Waals surface area contributed by atoms with Crippen molar-refractivity contribution in [3.05, 3.63) is 0 Å². The Balaban J connectivity index is 3.03. The molecule has 0 fully saturated rings. The highest BCUT2D eigenvalue weighted by Gasteiger charge is 1.80. The number of hydrogen-bond donors (Lipinski definition) is 3. The van der Waals surface area contributed by atoms with E-state index in [0.717, 1.165) is 0 Å². The molecule has 0 aromatic carbocycles. The summed E-state index contributed by atoms with van der Waals surface area (Å²) in [7, 11) is 0. The molecule has 0 heterocycles. The maximum atomic E-state index is 7.73. The molecule has 0 saturated heterocycles. The first-order valence-electron chi connectivity index (χ1n) is 2.09. The lowest BCUT2D eigenvalue weighted by atomic mass is 10.7. The summed E-state index contributed by atoms with van der Waals surface area (Å²) in [6.45, 7) is 0.413. The van der Waals surface area contributed by atoms with Gasteiger partial charge >= 0.3 is 0 Å². The van der Waals surface area contributed by atoms with Crippen LogP contribution >= 0.6 is 0 Å². The zero-order chi connectivity index (χ0) is 6.41. The summed E-state index contributed by atoms with van der Waals surface area (Å²) in [5.74, 6) is 0.00190. The fourth-order valence-electron chi connectivity index (χ4n) is 0.216. The Morgan fingerprint density at radius 1 is 1.62 bits per heavy atom. The predicted molar refractivity (Wildman–Crippen MR) is 29.3 cm³/mol. The van der Waals surface area contributed by atoms with Gasteiger partial charge in [0.1, 0.15) is 6.61 Å². The molecule has 0 unspecified atom stereocenters. The average Bonchev–Trinajstić information content (AvgIpc) is 1.66. The van der Waals surface area contributed by atoms with E-state index in [0.29, 0.717) is 6.54 Å². The first-order chi connectivity index (χ1) is 3.77. The molecule has 8 heavy (non-hydrogen) atoms. The molecule has 0 radical (unpaired) electrons. The van der Waals surface area contributed by atoms with E-state index in [-0.39, 0.29) is 12.6 Å². The van der Waals surface area contributed by atoms with Crippen LogP contribution in [0.4, 0.5) is 0 Å². The predicted octanol–water partition coefficient (Wildman–Crippen LogP) is -1.25. The van der Waals surface area contributed by atoms with Gasteiger partial charge in [-0.05, 0) is 0 Å². The van der Waals surface area contributed by atoms with E-state index in [4.69, 9.17) is 16.7 Å². The van der Waals surface area contributed by atoms with E-state index in [9.17, 15) is 0 Å². The first-order valence-corrected chi connectivity index (χ1v) is 2.09. The lowest BCUT2D eigenvalue weighted by molar-refractivity contribution is -0.239. The largest absolute Gasteiger partial charge is 0.370 e. The molecule has 0 spiro atoms. The molecule has 0 atom stereocenters. The molecule has 0 rings (SSSR count). The molecule has 5 N–H and O–H groups in total. The van der Waals surface area contributed by atoms with Gasteiger partial charge in [-0.25, -0.2) is 4.89 Å². The van der Waals surface area contributed by atoms with Gasteiger partial charge in [-0.15, -0.1) is 0 Å². The van der Waals surface area contributed by atoms with E-state index in [1.165, 1.54) is 0 Å². The summed E-state index contributed by atoms with van der Waals surface area (Å²) in [6, 6.07) is 0. The van der Waals surface area contributed by atoms with Crippen LogP contribution in [-0.4, -0.2) is 24.4 Å². The van der Waals surface area contributed by atoms with E-state index >= 15 is 0 Å². The van der Waals surface area contributed by atoms with Crippen LogP contribution in [-0.2, 0) is 4.89 Å². The van der Waals surface area contributed by atoms with Crippen molar-refractivity contribution in [1.29, 1.82) is 0 Å². The van der Waals surface area contributed by atoms with Crippen molar-refractivity contribution in [3.63, 3.8) is 0 Å². The summed E-state index contributed by atoms with van der Waals surface area (Å²) in [5.41, 5.74) is 9.85. The molecule has 5 nitrogen and oxygen atoms in total. The van der Waals surface area contributed by atoms with Crippen molar-refractivity contribution in [2.24, 2.45) is 16.5 Å². The molecule has 0 aromatic heterocycles. The zero-order valence-electron chi connectivity index (χ0n) is 4.37. The standard InChI is InChI=1S/C3H9N3O2/c4-3(5)6-1-2-8-7/h7H,1-2H2,(H4,4,5,6). The molecule has 0 amide bonds. The van der Waals surface area contributed by atoms with Crippen molar-refractivity contribution in [2.45, 2.75) is 0 Å². The topological polar surface area (TPSA) is 93.9 Å². The highest BCUT2D eigenvalue weighted by Crippen LogP contribution is 1.67. The Bertz CT molecular complexity index is 78.6.